The molecule has 0 aromatic carbocycles. The maximum absolute atomic E-state index is 10.8. The van der Waals surface area contributed by atoms with Gasteiger partial charge in [-0.3, -0.25) is 4.79 Å². The standard InChI is InChI=1S/C6H3BrClNO3S/c7-4-1-5(3-10)9-6(2-4)13(8,11)12/h1-3H. The number of aldehydes is 1. The molecule has 1 aromatic heterocycles. The summed E-state index contributed by atoms with van der Waals surface area (Å²) in [6.07, 6.45) is 0.441. The number of pyridine rings is 1. The van der Waals surface area contributed by atoms with E-state index in [1.807, 2.05) is 0 Å². The summed E-state index contributed by atoms with van der Waals surface area (Å²) < 4.78 is 22.1. The Hall–Kier alpha value is -0.460. The van der Waals surface area contributed by atoms with Gasteiger partial charge in [-0.25, -0.2) is 13.4 Å². The van der Waals surface area contributed by atoms with Gasteiger partial charge in [-0.15, -0.1) is 0 Å². The third-order valence-electron chi connectivity index (χ3n) is 1.16. The molecule has 1 aromatic rings. The number of carbonyl (C=O) groups excluding carboxylic acids is 1. The van der Waals surface area contributed by atoms with Crippen LogP contribution in [-0.4, -0.2) is 19.7 Å². The summed E-state index contributed by atoms with van der Waals surface area (Å²) >= 11 is 3.02. The zero-order valence-electron chi connectivity index (χ0n) is 6.07. The van der Waals surface area contributed by atoms with Gasteiger partial charge in [0.2, 0.25) is 0 Å². The van der Waals surface area contributed by atoms with Crippen LogP contribution in [0.15, 0.2) is 21.6 Å². The Morgan fingerprint density at radius 1 is 1.46 bits per heavy atom. The van der Waals surface area contributed by atoms with Crippen molar-refractivity contribution in [3.8, 4) is 0 Å². The molecule has 0 aliphatic carbocycles. The Morgan fingerprint density at radius 3 is 2.54 bits per heavy atom. The second-order valence-corrected chi connectivity index (χ2v) is 5.53. The highest BCUT2D eigenvalue weighted by atomic mass is 79.9. The van der Waals surface area contributed by atoms with Crippen LogP contribution in [0.2, 0.25) is 0 Å². The largest absolute Gasteiger partial charge is 0.296 e. The fourth-order valence-corrected chi connectivity index (χ4v) is 2.00. The first-order chi connectivity index (χ1) is 5.93. The van der Waals surface area contributed by atoms with Gasteiger partial charge in [0.1, 0.15) is 5.69 Å². The fraction of sp³-hybridized carbons (Fsp3) is 0. The van der Waals surface area contributed by atoms with Crippen LogP contribution in [0.25, 0.3) is 0 Å². The lowest BCUT2D eigenvalue weighted by Crippen LogP contribution is -1.98. The smallest absolute Gasteiger partial charge is 0.278 e. The predicted octanol–water partition coefficient (Wildman–Crippen LogP) is 1.58. The van der Waals surface area contributed by atoms with Gasteiger partial charge in [0.25, 0.3) is 9.05 Å². The number of halogens is 2. The van der Waals surface area contributed by atoms with E-state index in [-0.39, 0.29) is 10.7 Å². The first-order valence-corrected chi connectivity index (χ1v) is 6.11. The number of hydrogen-bond acceptors (Lipinski definition) is 4. The van der Waals surface area contributed by atoms with Gasteiger partial charge < -0.3 is 0 Å². The average Bonchev–Trinajstić information content (AvgIpc) is 2.01. The van der Waals surface area contributed by atoms with Crippen molar-refractivity contribution in [1.29, 1.82) is 0 Å². The van der Waals surface area contributed by atoms with Crippen molar-refractivity contribution in [2.45, 2.75) is 5.03 Å². The van der Waals surface area contributed by atoms with E-state index >= 15 is 0 Å². The summed E-state index contributed by atoms with van der Waals surface area (Å²) in [6, 6.07) is 2.61. The highest BCUT2D eigenvalue weighted by Gasteiger charge is 2.13. The minimum atomic E-state index is -3.89. The van der Waals surface area contributed by atoms with E-state index < -0.39 is 9.05 Å². The van der Waals surface area contributed by atoms with E-state index in [0.29, 0.717) is 10.8 Å². The molecule has 0 fully saturated rings. The number of carbonyl (C=O) groups is 1. The van der Waals surface area contributed by atoms with Crippen LogP contribution in [0.1, 0.15) is 10.5 Å². The van der Waals surface area contributed by atoms with Crippen molar-refractivity contribution in [3.05, 3.63) is 22.3 Å². The molecule has 1 rings (SSSR count). The third kappa shape index (κ3) is 2.75. The molecule has 0 saturated carbocycles. The van der Waals surface area contributed by atoms with Gasteiger partial charge in [0.15, 0.2) is 11.3 Å². The van der Waals surface area contributed by atoms with Crippen LogP contribution in [0.3, 0.4) is 0 Å². The summed E-state index contributed by atoms with van der Waals surface area (Å²) in [5.74, 6) is 0. The molecule has 0 amide bonds. The predicted molar refractivity (Wildman–Crippen MR) is 50.4 cm³/mol. The van der Waals surface area contributed by atoms with Crippen molar-refractivity contribution in [2.75, 3.05) is 0 Å². The highest BCUT2D eigenvalue weighted by molar-refractivity contribution is 9.10. The maximum Gasteiger partial charge on any atom is 0.278 e. The number of nitrogens with zero attached hydrogens (tertiary/aromatic N) is 1. The number of hydrogen-bond donors (Lipinski definition) is 0. The average molecular weight is 285 g/mol. The minimum absolute atomic E-state index is 0.00796. The molecule has 0 unspecified atom stereocenters. The zero-order valence-corrected chi connectivity index (χ0v) is 9.23. The Bertz CT molecular complexity index is 445. The molecule has 7 heteroatoms. The summed E-state index contributed by atoms with van der Waals surface area (Å²) in [5.41, 5.74) is 0.00796. The monoisotopic (exact) mass is 283 g/mol. The van der Waals surface area contributed by atoms with Gasteiger partial charge in [-0.2, -0.15) is 0 Å². The highest BCUT2D eigenvalue weighted by Crippen LogP contribution is 2.18. The Balaban J connectivity index is 3.41. The summed E-state index contributed by atoms with van der Waals surface area (Å²) in [4.78, 5) is 13.8. The van der Waals surface area contributed by atoms with Crippen LogP contribution in [0, 0.1) is 0 Å². The SMILES string of the molecule is O=Cc1cc(Br)cc(S(=O)(=O)Cl)n1. The van der Waals surface area contributed by atoms with Crippen LogP contribution < -0.4 is 0 Å². The van der Waals surface area contributed by atoms with Crippen LogP contribution in [0.4, 0.5) is 0 Å². The topological polar surface area (TPSA) is 64.1 Å². The lowest BCUT2D eigenvalue weighted by atomic mass is 10.4. The molecule has 0 bridgehead atoms. The van der Waals surface area contributed by atoms with Gasteiger partial charge in [-0.1, -0.05) is 15.9 Å². The summed E-state index contributed by atoms with van der Waals surface area (Å²) in [6.45, 7) is 0. The molecular formula is C6H3BrClNO3S. The van der Waals surface area contributed by atoms with E-state index in [1.165, 1.54) is 12.1 Å². The molecule has 70 valence electrons. The molecule has 1 heterocycles. The van der Waals surface area contributed by atoms with E-state index in [0.717, 1.165) is 0 Å². The summed E-state index contributed by atoms with van der Waals surface area (Å²) in [5, 5.41) is -0.342. The van der Waals surface area contributed by atoms with Gasteiger partial charge in [0, 0.05) is 15.2 Å². The van der Waals surface area contributed by atoms with E-state index in [1.54, 1.807) is 0 Å². The van der Waals surface area contributed by atoms with Gasteiger partial charge in [-0.05, 0) is 12.1 Å². The maximum atomic E-state index is 10.8. The Morgan fingerprint density at radius 2 is 2.08 bits per heavy atom. The molecule has 13 heavy (non-hydrogen) atoms. The minimum Gasteiger partial charge on any atom is -0.296 e. The number of rotatable bonds is 2. The first kappa shape index (κ1) is 10.6. The molecule has 0 atom stereocenters. The molecule has 0 saturated heterocycles. The van der Waals surface area contributed by atoms with Crippen molar-refractivity contribution in [1.82, 2.24) is 4.98 Å². The first-order valence-electron chi connectivity index (χ1n) is 3.01. The second-order valence-electron chi connectivity index (χ2n) is 2.10. The Kier molecular flexibility index (Phi) is 3.05. The zero-order chi connectivity index (χ0) is 10.1. The van der Waals surface area contributed by atoms with Gasteiger partial charge >= 0.3 is 0 Å². The lowest BCUT2D eigenvalue weighted by molar-refractivity contribution is 0.111. The fourth-order valence-electron chi connectivity index (χ4n) is 0.678. The molecule has 0 aliphatic heterocycles. The van der Waals surface area contributed by atoms with Crippen molar-refractivity contribution >= 4 is 41.9 Å². The third-order valence-corrected chi connectivity index (χ3v) is 2.80. The van der Waals surface area contributed by atoms with Crippen LogP contribution in [-0.2, 0) is 9.05 Å². The van der Waals surface area contributed by atoms with Gasteiger partial charge in [0.05, 0.1) is 0 Å². The van der Waals surface area contributed by atoms with Crippen molar-refractivity contribution in [3.63, 3.8) is 0 Å². The molecule has 0 aliphatic rings. The van der Waals surface area contributed by atoms with Crippen molar-refractivity contribution < 1.29 is 13.2 Å². The van der Waals surface area contributed by atoms with E-state index in [2.05, 4.69) is 20.9 Å². The van der Waals surface area contributed by atoms with Crippen molar-refractivity contribution in [2.24, 2.45) is 0 Å². The summed E-state index contributed by atoms with van der Waals surface area (Å²) in [7, 11) is 1.15. The van der Waals surface area contributed by atoms with E-state index in [4.69, 9.17) is 10.7 Å². The molecule has 0 radical (unpaired) electrons. The van der Waals surface area contributed by atoms with E-state index in [9.17, 15) is 13.2 Å². The van der Waals surface area contributed by atoms with Crippen LogP contribution >= 0.6 is 26.6 Å². The normalized spacial score (nSPS) is 11.2. The Labute approximate surface area is 87.5 Å². The molecule has 0 N–H and O–H groups in total. The van der Waals surface area contributed by atoms with Crippen LogP contribution in [0.5, 0.6) is 0 Å². The molecule has 0 spiro atoms. The molecule has 4 nitrogen and oxygen atoms in total. The number of aromatic nitrogens is 1. The quantitative estimate of drug-likeness (QED) is 0.611. The lowest BCUT2D eigenvalue weighted by Gasteiger charge is -1.97. The second kappa shape index (κ2) is 3.73. The molecular weight excluding hydrogens is 281 g/mol.